The summed E-state index contributed by atoms with van der Waals surface area (Å²) in [6.07, 6.45) is -0.461. The van der Waals surface area contributed by atoms with E-state index >= 15 is 0 Å². The zero-order valence-corrected chi connectivity index (χ0v) is 16.0. The van der Waals surface area contributed by atoms with Crippen LogP contribution in [-0.4, -0.2) is 37.8 Å². The van der Waals surface area contributed by atoms with Crippen molar-refractivity contribution in [1.29, 1.82) is 0 Å². The molecule has 1 aromatic rings. The van der Waals surface area contributed by atoms with E-state index in [1.807, 2.05) is 26.8 Å². The van der Waals surface area contributed by atoms with Crippen LogP contribution in [0.3, 0.4) is 0 Å². The zero-order valence-electron chi connectivity index (χ0n) is 14.4. The summed E-state index contributed by atoms with van der Waals surface area (Å²) in [5, 5.41) is 8.77. The molecule has 1 rings (SSSR count). The molecule has 0 heterocycles. The minimum Gasteiger partial charge on any atom is -0.444 e. The Morgan fingerprint density at radius 1 is 1.25 bits per heavy atom. The van der Waals surface area contributed by atoms with E-state index in [0.29, 0.717) is 30.1 Å². The molecule has 0 radical (unpaired) electrons. The Labute approximate surface area is 150 Å². The highest BCUT2D eigenvalue weighted by molar-refractivity contribution is 9.10. The van der Waals surface area contributed by atoms with Crippen LogP contribution in [0.4, 0.5) is 9.18 Å². The third-order valence-electron chi connectivity index (χ3n) is 2.75. The van der Waals surface area contributed by atoms with Gasteiger partial charge in [0.2, 0.25) is 0 Å². The Morgan fingerprint density at radius 2 is 1.92 bits per heavy atom. The molecule has 1 amide bonds. The van der Waals surface area contributed by atoms with Crippen molar-refractivity contribution in [2.24, 2.45) is 4.99 Å². The van der Waals surface area contributed by atoms with Crippen LogP contribution in [0.2, 0.25) is 0 Å². The number of halogens is 2. The third kappa shape index (κ3) is 8.14. The van der Waals surface area contributed by atoms with Crippen molar-refractivity contribution in [3.63, 3.8) is 0 Å². The first-order valence-electron chi connectivity index (χ1n) is 7.56. The SMILES string of the molecule is CN=C(NCCNC(=O)OC(C)(C)C)NCc1ccc(Br)c(F)c1. The largest absolute Gasteiger partial charge is 0.444 e. The summed E-state index contributed by atoms with van der Waals surface area (Å²) in [5.74, 6) is 0.253. The number of benzene rings is 1. The molecule has 134 valence electrons. The summed E-state index contributed by atoms with van der Waals surface area (Å²) in [7, 11) is 1.64. The average Bonchev–Trinajstić information content (AvgIpc) is 2.48. The van der Waals surface area contributed by atoms with Crippen LogP contribution in [0.5, 0.6) is 0 Å². The molecule has 0 saturated heterocycles. The van der Waals surface area contributed by atoms with Crippen LogP contribution in [0.1, 0.15) is 26.3 Å². The Bertz CT molecular complexity index is 588. The number of guanidine groups is 1. The lowest BCUT2D eigenvalue weighted by molar-refractivity contribution is 0.0529. The summed E-state index contributed by atoms with van der Waals surface area (Å²) in [6, 6.07) is 4.93. The summed E-state index contributed by atoms with van der Waals surface area (Å²) in [4.78, 5) is 15.6. The number of nitrogens with one attached hydrogen (secondary N) is 3. The van der Waals surface area contributed by atoms with Gasteiger partial charge in [-0.15, -0.1) is 0 Å². The lowest BCUT2D eigenvalue weighted by Gasteiger charge is -2.20. The monoisotopic (exact) mass is 402 g/mol. The smallest absolute Gasteiger partial charge is 0.407 e. The van der Waals surface area contributed by atoms with Crippen molar-refractivity contribution >= 4 is 28.0 Å². The van der Waals surface area contributed by atoms with Gasteiger partial charge < -0.3 is 20.7 Å². The summed E-state index contributed by atoms with van der Waals surface area (Å²) in [6.45, 7) is 6.73. The Kier molecular flexibility index (Phi) is 7.97. The molecule has 0 aliphatic heterocycles. The second-order valence-corrected chi connectivity index (χ2v) is 6.88. The summed E-state index contributed by atoms with van der Waals surface area (Å²) in [5.41, 5.74) is 0.278. The van der Waals surface area contributed by atoms with Crippen LogP contribution in [0, 0.1) is 5.82 Å². The fraction of sp³-hybridized carbons (Fsp3) is 0.500. The number of hydrogen-bond acceptors (Lipinski definition) is 3. The zero-order chi connectivity index (χ0) is 18.2. The van der Waals surface area contributed by atoms with E-state index < -0.39 is 11.7 Å². The van der Waals surface area contributed by atoms with Crippen molar-refractivity contribution in [2.75, 3.05) is 20.1 Å². The van der Waals surface area contributed by atoms with Gasteiger partial charge in [0, 0.05) is 26.7 Å². The number of aliphatic imine (C=N–C) groups is 1. The molecule has 0 aromatic heterocycles. The fourth-order valence-corrected chi connectivity index (χ4v) is 1.96. The first-order valence-corrected chi connectivity index (χ1v) is 8.36. The highest BCUT2D eigenvalue weighted by atomic mass is 79.9. The lowest BCUT2D eigenvalue weighted by Crippen LogP contribution is -2.42. The van der Waals surface area contributed by atoms with Crippen LogP contribution in [0.25, 0.3) is 0 Å². The van der Waals surface area contributed by atoms with Gasteiger partial charge >= 0.3 is 6.09 Å². The number of carbonyl (C=O) groups is 1. The van der Waals surface area contributed by atoms with Gasteiger partial charge in [-0.05, 0) is 54.4 Å². The second-order valence-electron chi connectivity index (χ2n) is 6.03. The number of carbonyl (C=O) groups excluding carboxylic acids is 1. The molecule has 0 atom stereocenters. The van der Waals surface area contributed by atoms with Crippen LogP contribution >= 0.6 is 15.9 Å². The van der Waals surface area contributed by atoms with E-state index in [1.165, 1.54) is 6.07 Å². The first kappa shape index (κ1) is 20.2. The number of ether oxygens (including phenoxy) is 1. The number of nitrogens with zero attached hydrogens (tertiary/aromatic N) is 1. The van der Waals surface area contributed by atoms with Crippen molar-refractivity contribution in [3.8, 4) is 0 Å². The van der Waals surface area contributed by atoms with Gasteiger partial charge in [-0.25, -0.2) is 9.18 Å². The molecule has 6 nitrogen and oxygen atoms in total. The minimum absolute atomic E-state index is 0.307. The lowest BCUT2D eigenvalue weighted by atomic mass is 10.2. The molecule has 0 aliphatic carbocycles. The fourth-order valence-electron chi connectivity index (χ4n) is 1.72. The third-order valence-corrected chi connectivity index (χ3v) is 3.40. The van der Waals surface area contributed by atoms with Gasteiger partial charge in [0.15, 0.2) is 5.96 Å². The number of hydrogen-bond donors (Lipinski definition) is 3. The molecule has 0 fully saturated rings. The number of alkyl carbamates (subject to hydrolysis) is 1. The predicted molar refractivity (Wildman–Crippen MR) is 96.5 cm³/mol. The standard InChI is InChI=1S/C16H24BrFN4O2/c1-16(2,3)24-15(23)21-8-7-20-14(19-4)22-10-11-5-6-12(17)13(18)9-11/h5-6,9H,7-8,10H2,1-4H3,(H,21,23)(H2,19,20,22). The predicted octanol–water partition coefficient (Wildman–Crippen LogP) is 2.78. The van der Waals surface area contributed by atoms with Crippen LogP contribution in [-0.2, 0) is 11.3 Å². The van der Waals surface area contributed by atoms with E-state index in [9.17, 15) is 9.18 Å². The highest BCUT2D eigenvalue weighted by Gasteiger charge is 2.15. The molecule has 0 saturated carbocycles. The van der Waals surface area contributed by atoms with Crippen molar-refractivity contribution < 1.29 is 13.9 Å². The van der Waals surface area contributed by atoms with E-state index in [-0.39, 0.29) is 5.82 Å². The quantitative estimate of drug-likeness (QED) is 0.402. The number of amides is 1. The summed E-state index contributed by atoms with van der Waals surface area (Å²) >= 11 is 3.12. The molecule has 0 unspecified atom stereocenters. The van der Waals surface area contributed by atoms with Gasteiger partial charge in [0.05, 0.1) is 4.47 Å². The Morgan fingerprint density at radius 3 is 2.50 bits per heavy atom. The van der Waals surface area contributed by atoms with Crippen molar-refractivity contribution in [2.45, 2.75) is 32.9 Å². The maximum Gasteiger partial charge on any atom is 0.407 e. The highest BCUT2D eigenvalue weighted by Crippen LogP contribution is 2.16. The maximum absolute atomic E-state index is 13.5. The van der Waals surface area contributed by atoms with Crippen molar-refractivity contribution in [3.05, 3.63) is 34.1 Å². The van der Waals surface area contributed by atoms with Crippen LogP contribution < -0.4 is 16.0 Å². The molecular formula is C16H24BrFN4O2. The van der Waals surface area contributed by atoms with Gasteiger partial charge in [-0.2, -0.15) is 0 Å². The molecule has 8 heteroatoms. The molecular weight excluding hydrogens is 379 g/mol. The molecule has 1 aromatic carbocycles. The second kappa shape index (κ2) is 9.46. The molecule has 0 spiro atoms. The Balaban J connectivity index is 2.30. The maximum atomic E-state index is 13.5. The molecule has 3 N–H and O–H groups in total. The normalized spacial score (nSPS) is 11.8. The van der Waals surface area contributed by atoms with E-state index in [2.05, 4.69) is 36.9 Å². The van der Waals surface area contributed by atoms with Gasteiger partial charge in [0.1, 0.15) is 11.4 Å². The molecule has 0 aliphatic rings. The molecule has 0 bridgehead atoms. The Hall–Kier alpha value is -1.83. The molecule has 24 heavy (non-hydrogen) atoms. The van der Waals surface area contributed by atoms with E-state index in [4.69, 9.17) is 4.74 Å². The van der Waals surface area contributed by atoms with Crippen LogP contribution in [0.15, 0.2) is 27.7 Å². The first-order chi connectivity index (χ1) is 11.2. The minimum atomic E-state index is -0.519. The topological polar surface area (TPSA) is 74.8 Å². The van der Waals surface area contributed by atoms with Gasteiger partial charge in [-0.3, -0.25) is 4.99 Å². The van der Waals surface area contributed by atoms with Gasteiger partial charge in [0.25, 0.3) is 0 Å². The average molecular weight is 403 g/mol. The number of rotatable bonds is 5. The van der Waals surface area contributed by atoms with Gasteiger partial charge in [-0.1, -0.05) is 6.07 Å². The van der Waals surface area contributed by atoms with E-state index in [1.54, 1.807) is 13.1 Å². The summed E-state index contributed by atoms with van der Waals surface area (Å²) < 4.78 is 19.0. The van der Waals surface area contributed by atoms with E-state index in [0.717, 1.165) is 5.56 Å². The van der Waals surface area contributed by atoms with Crippen molar-refractivity contribution in [1.82, 2.24) is 16.0 Å².